The predicted molar refractivity (Wildman–Crippen MR) is 101 cm³/mol. The van der Waals surface area contributed by atoms with Crippen molar-refractivity contribution in [3.8, 4) is 0 Å². The molecule has 0 aromatic heterocycles. The number of hydrogen-bond acceptors (Lipinski definition) is 16. The van der Waals surface area contributed by atoms with E-state index in [9.17, 15) is 56.2 Å². The molecule has 16 nitrogen and oxygen atoms in total. The second kappa shape index (κ2) is 11.6. The van der Waals surface area contributed by atoms with Crippen LogP contribution in [0.5, 0.6) is 0 Å². The smallest absolute Gasteiger partial charge is 0.187 e. The number of rotatable bonds is 7. The summed E-state index contributed by atoms with van der Waals surface area (Å²) in [7, 11) is 0. The van der Waals surface area contributed by atoms with E-state index in [-0.39, 0.29) is 0 Å². The molecule has 34 heavy (non-hydrogen) atoms. The molecular formula is C18H32O16. The maximum atomic E-state index is 10.6. The van der Waals surface area contributed by atoms with E-state index in [4.69, 9.17) is 23.7 Å². The summed E-state index contributed by atoms with van der Waals surface area (Å²) in [6.45, 7) is -2.32. The summed E-state index contributed by atoms with van der Waals surface area (Å²) in [6.07, 6.45) is -25.1. The fourth-order valence-electron chi connectivity index (χ4n) is 4.06. The average Bonchev–Trinajstić information content (AvgIpc) is 2.83. The molecule has 16 heteroatoms. The molecule has 0 radical (unpaired) electrons. The van der Waals surface area contributed by atoms with Gasteiger partial charge in [-0.1, -0.05) is 0 Å². The van der Waals surface area contributed by atoms with Crippen LogP contribution in [0.2, 0.25) is 0 Å². The Bertz CT molecular complexity index is 635. The molecule has 3 saturated heterocycles. The van der Waals surface area contributed by atoms with Gasteiger partial charge in [-0.3, -0.25) is 0 Å². The average molecular weight is 504 g/mol. The third-order valence-electron chi connectivity index (χ3n) is 6.09. The van der Waals surface area contributed by atoms with Crippen LogP contribution in [0, 0.1) is 0 Å². The number of aliphatic hydroxyl groups is 11. The first kappa shape index (κ1) is 27.9. The van der Waals surface area contributed by atoms with Crippen molar-refractivity contribution in [1.29, 1.82) is 0 Å². The van der Waals surface area contributed by atoms with Gasteiger partial charge in [-0.15, -0.1) is 0 Å². The Labute approximate surface area is 192 Å². The van der Waals surface area contributed by atoms with Crippen LogP contribution in [0.15, 0.2) is 0 Å². The van der Waals surface area contributed by atoms with E-state index in [1.54, 1.807) is 0 Å². The summed E-state index contributed by atoms with van der Waals surface area (Å²) in [5.41, 5.74) is 0. The Kier molecular flexibility index (Phi) is 9.54. The van der Waals surface area contributed by atoms with Gasteiger partial charge in [0.2, 0.25) is 0 Å². The minimum absolute atomic E-state index is 0.741. The van der Waals surface area contributed by atoms with E-state index in [0.29, 0.717) is 0 Å². The molecule has 0 aromatic carbocycles. The Hall–Kier alpha value is -0.640. The van der Waals surface area contributed by atoms with Crippen molar-refractivity contribution < 1.29 is 79.9 Å². The van der Waals surface area contributed by atoms with E-state index < -0.39 is 112 Å². The standard InChI is InChI=1S/C18H32O16/c19-1-4-7(22)8(23)12(27)17(31-4)34-15-6(3-21)32-18(13(28)10(15)25)33-14-5(2-20)30-16(29)11(26)9(14)24/h4-29H,1-3H2/t4-,5-,6-,7+,8+,9-,10-,11-,12-,13-,14+,15+,16+,17-,18+/m1/s1. The molecule has 3 aliphatic heterocycles. The van der Waals surface area contributed by atoms with Crippen LogP contribution < -0.4 is 0 Å². The molecule has 0 saturated carbocycles. The highest BCUT2D eigenvalue weighted by Gasteiger charge is 2.53. The largest absolute Gasteiger partial charge is 0.394 e. The van der Waals surface area contributed by atoms with E-state index in [2.05, 4.69) is 0 Å². The molecule has 3 rings (SSSR count). The number of ether oxygens (including phenoxy) is 5. The quantitative estimate of drug-likeness (QED) is 0.154. The summed E-state index contributed by atoms with van der Waals surface area (Å²) in [5, 5.41) is 109. The van der Waals surface area contributed by atoms with Crippen molar-refractivity contribution in [1.82, 2.24) is 0 Å². The lowest BCUT2D eigenvalue weighted by atomic mass is 9.96. The molecule has 0 aliphatic carbocycles. The first-order chi connectivity index (χ1) is 16.0. The highest BCUT2D eigenvalue weighted by atomic mass is 16.8. The lowest BCUT2D eigenvalue weighted by Crippen LogP contribution is -2.66. The predicted octanol–water partition coefficient (Wildman–Crippen LogP) is -7.57. The van der Waals surface area contributed by atoms with Crippen LogP contribution in [0.25, 0.3) is 0 Å². The van der Waals surface area contributed by atoms with Gasteiger partial charge in [0.1, 0.15) is 73.2 Å². The zero-order valence-electron chi connectivity index (χ0n) is 17.7. The monoisotopic (exact) mass is 504 g/mol. The van der Waals surface area contributed by atoms with Crippen LogP contribution >= 0.6 is 0 Å². The molecule has 15 atom stereocenters. The van der Waals surface area contributed by atoms with Crippen LogP contribution in [-0.4, -0.2) is 168 Å². The maximum Gasteiger partial charge on any atom is 0.187 e. The Balaban J connectivity index is 1.72. The van der Waals surface area contributed by atoms with Crippen LogP contribution in [0.1, 0.15) is 0 Å². The second-order valence-corrected chi connectivity index (χ2v) is 8.33. The fourth-order valence-corrected chi connectivity index (χ4v) is 4.06. The van der Waals surface area contributed by atoms with Crippen molar-refractivity contribution in [2.75, 3.05) is 19.8 Å². The molecule has 0 amide bonds. The summed E-state index contributed by atoms with van der Waals surface area (Å²) in [6, 6.07) is 0. The molecule has 11 N–H and O–H groups in total. The maximum absolute atomic E-state index is 10.6. The zero-order chi connectivity index (χ0) is 25.3. The molecule has 3 aliphatic rings. The highest BCUT2D eigenvalue weighted by Crippen LogP contribution is 2.32. The van der Waals surface area contributed by atoms with Crippen molar-refractivity contribution in [3.05, 3.63) is 0 Å². The van der Waals surface area contributed by atoms with E-state index in [1.807, 2.05) is 0 Å². The minimum atomic E-state index is -1.91. The Morgan fingerprint density at radius 1 is 0.441 bits per heavy atom. The highest BCUT2D eigenvalue weighted by molar-refractivity contribution is 4.96. The molecule has 0 spiro atoms. The fraction of sp³-hybridized carbons (Fsp3) is 1.00. The second-order valence-electron chi connectivity index (χ2n) is 8.33. The third kappa shape index (κ3) is 5.37. The SMILES string of the molecule is OC[C@H]1O[C@H](O[C@@H]2[C@H](O)[C@@H](O)[C@H](O[C@@H]3[C@H](O)[C@@H](O)[C@@H](O)O[C@@H]3CO)O[C@@H]2CO)[C@H](O)[C@@H](O)[C@H]1O. The van der Waals surface area contributed by atoms with Crippen LogP contribution in [-0.2, 0) is 23.7 Å². The molecular weight excluding hydrogens is 472 g/mol. The molecule has 200 valence electrons. The Morgan fingerprint density at radius 2 is 0.853 bits per heavy atom. The lowest BCUT2D eigenvalue weighted by Gasteiger charge is -2.47. The molecule has 3 heterocycles. The van der Waals surface area contributed by atoms with Gasteiger partial charge in [-0.2, -0.15) is 0 Å². The van der Waals surface area contributed by atoms with Crippen molar-refractivity contribution >= 4 is 0 Å². The van der Waals surface area contributed by atoms with Gasteiger partial charge in [0.25, 0.3) is 0 Å². The molecule has 3 fully saturated rings. The molecule has 0 bridgehead atoms. The summed E-state index contributed by atoms with van der Waals surface area (Å²) >= 11 is 0. The van der Waals surface area contributed by atoms with Crippen molar-refractivity contribution in [3.63, 3.8) is 0 Å². The molecule has 0 unspecified atom stereocenters. The lowest BCUT2D eigenvalue weighted by molar-refractivity contribution is -0.377. The van der Waals surface area contributed by atoms with Gasteiger partial charge in [-0.05, 0) is 0 Å². The number of hydrogen-bond donors (Lipinski definition) is 11. The first-order valence-electron chi connectivity index (χ1n) is 10.6. The van der Waals surface area contributed by atoms with E-state index in [1.165, 1.54) is 0 Å². The van der Waals surface area contributed by atoms with Crippen LogP contribution in [0.3, 0.4) is 0 Å². The van der Waals surface area contributed by atoms with Gasteiger partial charge in [0.05, 0.1) is 19.8 Å². The summed E-state index contributed by atoms with van der Waals surface area (Å²) in [4.78, 5) is 0. The van der Waals surface area contributed by atoms with Gasteiger partial charge >= 0.3 is 0 Å². The first-order valence-corrected chi connectivity index (χ1v) is 10.6. The third-order valence-corrected chi connectivity index (χ3v) is 6.09. The van der Waals surface area contributed by atoms with Gasteiger partial charge < -0.3 is 79.9 Å². The van der Waals surface area contributed by atoms with Crippen LogP contribution in [0.4, 0.5) is 0 Å². The van der Waals surface area contributed by atoms with Crippen molar-refractivity contribution in [2.45, 2.75) is 92.1 Å². The van der Waals surface area contributed by atoms with E-state index in [0.717, 1.165) is 0 Å². The van der Waals surface area contributed by atoms with Gasteiger partial charge in [0, 0.05) is 0 Å². The van der Waals surface area contributed by atoms with E-state index >= 15 is 0 Å². The summed E-state index contributed by atoms with van der Waals surface area (Å²) < 4.78 is 26.4. The van der Waals surface area contributed by atoms with Gasteiger partial charge in [-0.25, -0.2) is 0 Å². The van der Waals surface area contributed by atoms with Gasteiger partial charge in [0.15, 0.2) is 18.9 Å². The minimum Gasteiger partial charge on any atom is -0.394 e. The molecule has 0 aromatic rings. The normalized spacial score (nSPS) is 52.5. The topological polar surface area (TPSA) is 269 Å². The number of aliphatic hydroxyl groups excluding tert-OH is 11. The summed E-state index contributed by atoms with van der Waals surface area (Å²) in [5.74, 6) is 0. The van der Waals surface area contributed by atoms with Crippen molar-refractivity contribution in [2.24, 2.45) is 0 Å². The zero-order valence-corrected chi connectivity index (χ0v) is 17.7. The Morgan fingerprint density at radius 3 is 1.35 bits per heavy atom.